The van der Waals surface area contributed by atoms with Gasteiger partial charge < -0.3 is 23.7 Å². The first-order valence-electron chi connectivity index (χ1n) is 12.6. The Morgan fingerprint density at radius 2 is 1.93 bits per heavy atom. The van der Waals surface area contributed by atoms with E-state index in [4.69, 9.17) is 31.0 Å². The number of nitriles is 1. The van der Waals surface area contributed by atoms with Crippen LogP contribution in [0.15, 0.2) is 48.5 Å². The highest BCUT2D eigenvalue weighted by atomic mass is 35.5. The Labute approximate surface area is 234 Å². The SMILES string of the molecule is COc1cc(C(=O)O)cc2c1nc(CN1CCn3c(nc4c(OCc5ccc(Cl)cc5C#N)cccc43)C1)n2C. The molecule has 1 aliphatic rings. The summed E-state index contributed by atoms with van der Waals surface area (Å²) in [6.45, 7) is 2.96. The number of hydrogen-bond acceptors (Lipinski definition) is 7. The monoisotopic (exact) mass is 556 g/mol. The van der Waals surface area contributed by atoms with Crippen LogP contribution in [-0.2, 0) is 33.3 Å². The Hall–Kier alpha value is -4.59. The number of hydrogen-bond donors (Lipinski definition) is 1. The molecule has 1 aliphatic heterocycles. The summed E-state index contributed by atoms with van der Waals surface area (Å²) in [6.07, 6.45) is 0. The zero-order valence-electron chi connectivity index (χ0n) is 21.9. The minimum absolute atomic E-state index is 0.156. The zero-order valence-corrected chi connectivity index (χ0v) is 22.6. The van der Waals surface area contributed by atoms with Gasteiger partial charge >= 0.3 is 5.97 Å². The minimum atomic E-state index is -1.01. The fraction of sp³-hybridized carbons (Fsp3) is 0.241. The smallest absolute Gasteiger partial charge is 0.335 e. The van der Waals surface area contributed by atoms with Crippen molar-refractivity contribution in [2.75, 3.05) is 13.7 Å². The molecule has 0 radical (unpaired) electrons. The summed E-state index contributed by atoms with van der Waals surface area (Å²) in [5.41, 5.74) is 4.52. The van der Waals surface area contributed by atoms with Crippen molar-refractivity contribution in [1.29, 1.82) is 5.26 Å². The Kier molecular flexibility index (Phi) is 6.54. The van der Waals surface area contributed by atoms with Crippen molar-refractivity contribution in [3.63, 3.8) is 0 Å². The van der Waals surface area contributed by atoms with Gasteiger partial charge in [-0.1, -0.05) is 23.7 Å². The van der Waals surface area contributed by atoms with Crippen LogP contribution in [0.2, 0.25) is 5.02 Å². The number of para-hydroxylation sites is 1. The van der Waals surface area contributed by atoms with Crippen molar-refractivity contribution in [3.8, 4) is 17.6 Å². The van der Waals surface area contributed by atoms with Crippen molar-refractivity contribution < 1.29 is 19.4 Å². The predicted octanol–water partition coefficient (Wildman–Crippen LogP) is 4.75. The van der Waals surface area contributed by atoms with Crippen LogP contribution in [0.25, 0.3) is 22.1 Å². The zero-order chi connectivity index (χ0) is 28.0. The van der Waals surface area contributed by atoms with Gasteiger partial charge in [0.15, 0.2) is 0 Å². The lowest BCUT2D eigenvalue weighted by molar-refractivity contribution is 0.0696. The van der Waals surface area contributed by atoms with Crippen LogP contribution in [-0.4, -0.2) is 48.7 Å². The van der Waals surface area contributed by atoms with E-state index < -0.39 is 5.97 Å². The molecule has 3 heterocycles. The van der Waals surface area contributed by atoms with Crippen molar-refractivity contribution in [2.45, 2.75) is 26.2 Å². The van der Waals surface area contributed by atoms with E-state index in [1.54, 1.807) is 24.3 Å². The average molecular weight is 557 g/mol. The third-order valence-corrected chi connectivity index (χ3v) is 7.51. The maximum absolute atomic E-state index is 11.6. The molecule has 0 bridgehead atoms. The Bertz CT molecular complexity index is 1840. The summed E-state index contributed by atoms with van der Waals surface area (Å²) >= 11 is 6.03. The van der Waals surface area contributed by atoms with E-state index in [1.165, 1.54) is 13.2 Å². The molecule has 202 valence electrons. The van der Waals surface area contributed by atoms with E-state index in [0.717, 1.165) is 41.3 Å². The third kappa shape index (κ3) is 4.49. The molecule has 0 amide bonds. The fourth-order valence-electron chi connectivity index (χ4n) is 5.17. The van der Waals surface area contributed by atoms with Gasteiger partial charge in [-0.2, -0.15) is 5.26 Å². The first-order chi connectivity index (χ1) is 19.4. The average Bonchev–Trinajstić information content (AvgIpc) is 3.48. The molecular weight excluding hydrogens is 532 g/mol. The molecule has 0 aliphatic carbocycles. The van der Waals surface area contributed by atoms with Gasteiger partial charge in [0.25, 0.3) is 0 Å². The van der Waals surface area contributed by atoms with Crippen LogP contribution >= 0.6 is 11.6 Å². The van der Waals surface area contributed by atoms with Crippen molar-refractivity contribution in [1.82, 2.24) is 24.0 Å². The van der Waals surface area contributed by atoms with Crippen LogP contribution in [0.5, 0.6) is 11.5 Å². The van der Waals surface area contributed by atoms with Crippen LogP contribution in [0.4, 0.5) is 0 Å². The van der Waals surface area contributed by atoms with Crippen molar-refractivity contribution in [3.05, 3.63) is 81.9 Å². The molecule has 0 unspecified atom stereocenters. The predicted molar refractivity (Wildman–Crippen MR) is 149 cm³/mol. The van der Waals surface area contributed by atoms with Gasteiger partial charge in [-0.3, -0.25) is 4.90 Å². The summed E-state index contributed by atoms with van der Waals surface area (Å²) in [6, 6.07) is 16.4. The molecule has 2 aromatic heterocycles. The molecule has 0 atom stereocenters. The molecule has 0 fully saturated rings. The molecule has 0 saturated heterocycles. The van der Waals surface area contributed by atoms with Gasteiger partial charge in [0.05, 0.1) is 48.4 Å². The number of aromatic carboxylic acids is 1. The number of carboxylic acids is 1. The number of rotatable bonds is 7. The van der Waals surface area contributed by atoms with Gasteiger partial charge in [0, 0.05) is 30.7 Å². The summed E-state index contributed by atoms with van der Waals surface area (Å²) in [5, 5.41) is 19.5. The van der Waals surface area contributed by atoms with Gasteiger partial charge in [-0.25, -0.2) is 14.8 Å². The van der Waals surface area contributed by atoms with Gasteiger partial charge in [0.2, 0.25) is 0 Å². The standard InChI is InChI=1S/C29H25ClN6O4/c1-34-22-11-18(29(37)38)12-24(39-2)28(22)32-25(34)14-35-8-9-36-21-4-3-5-23(27(21)33-26(36)15-35)40-16-17-6-7-20(30)10-19(17)13-31/h3-7,10-12H,8-9,14-16H2,1-2H3,(H,37,38). The van der Waals surface area contributed by atoms with Crippen molar-refractivity contribution in [2.24, 2.45) is 7.05 Å². The Balaban J connectivity index is 1.25. The number of fused-ring (bicyclic) bond motifs is 4. The van der Waals surface area contributed by atoms with E-state index in [2.05, 4.69) is 15.5 Å². The molecule has 5 aromatic rings. The first kappa shape index (κ1) is 25.7. The molecule has 3 aromatic carbocycles. The molecular formula is C29H25ClN6O4. The molecule has 6 rings (SSSR count). The summed E-state index contributed by atoms with van der Waals surface area (Å²) < 4.78 is 15.7. The summed E-state index contributed by atoms with van der Waals surface area (Å²) in [7, 11) is 3.40. The lowest BCUT2D eigenvalue weighted by atomic mass is 10.1. The van der Waals surface area contributed by atoms with Gasteiger partial charge in [0.1, 0.15) is 40.8 Å². The molecule has 11 heteroatoms. The van der Waals surface area contributed by atoms with Gasteiger partial charge in [-0.05, 0) is 36.4 Å². The first-order valence-corrected chi connectivity index (χ1v) is 13.0. The van der Waals surface area contributed by atoms with Crippen molar-refractivity contribution >= 4 is 39.6 Å². The Morgan fingerprint density at radius 3 is 2.70 bits per heavy atom. The molecule has 0 saturated carbocycles. The van der Waals surface area contributed by atoms with E-state index >= 15 is 0 Å². The largest absolute Gasteiger partial charge is 0.494 e. The minimum Gasteiger partial charge on any atom is -0.494 e. The summed E-state index contributed by atoms with van der Waals surface area (Å²) in [5.74, 6) is 1.80. The number of carbonyl (C=O) groups is 1. The van der Waals surface area contributed by atoms with Crippen LogP contribution in [0, 0.1) is 11.3 Å². The van der Waals surface area contributed by atoms with Crippen LogP contribution in [0.3, 0.4) is 0 Å². The number of benzene rings is 3. The highest BCUT2D eigenvalue weighted by Gasteiger charge is 2.24. The van der Waals surface area contributed by atoms with Crippen LogP contribution < -0.4 is 9.47 Å². The number of ether oxygens (including phenoxy) is 2. The second kappa shape index (κ2) is 10.2. The maximum Gasteiger partial charge on any atom is 0.335 e. The second-order valence-corrected chi connectivity index (χ2v) is 10.1. The van der Waals surface area contributed by atoms with Crippen LogP contribution in [0.1, 0.15) is 33.1 Å². The second-order valence-electron chi connectivity index (χ2n) is 9.65. The topological polar surface area (TPSA) is 118 Å². The third-order valence-electron chi connectivity index (χ3n) is 7.28. The molecule has 0 spiro atoms. The lowest BCUT2D eigenvalue weighted by Gasteiger charge is -2.27. The number of aryl methyl sites for hydroxylation is 1. The number of carboxylic acid groups (broad SMARTS) is 1. The quantitative estimate of drug-likeness (QED) is 0.305. The fourth-order valence-corrected chi connectivity index (χ4v) is 5.34. The van der Waals surface area contributed by atoms with E-state index in [9.17, 15) is 15.2 Å². The summed E-state index contributed by atoms with van der Waals surface area (Å²) in [4.78, 5) is 23.6. The number of nitrogens with zero attached hydrogens (tertiary/aromatic N) is 6. The normalized spacial score (nSPS) is 13.3. The number of aromatic nitrogens is 4. The highest BCUT2D eigenvalue weighted by molar-refractivity contribution is 6.30. The van der Waals surface area contributed by atoms with E-state index in [-0.39, 0.29) is 12.2 Å². The molecule has 1 N–H and O–H groups in total. The number of imidazole rings is 2. The molecule has 40 heavy (non-hydrogen) atoms. The molecule has 10 nitrogen and oxygen atoms in total. The number of halogens is 1. The van der Waals surface area contributed by atoms with E-state index in [0.29, 0.717) is 46.2 Å². The highest BCUT2D eigenvalue weighted by Crippen LogP contribution is 2.31. The Morgan fingerprint density at radius 1 is 1.10 bits per heavy atom. The lowest BCUT2D eigenvalue weighted by Crippen LogP contribution is -2.34. The van der Waals surface area contributed by atoms with E-state index in [1.807, 2.05) is 29.8 Å². The van der Waals surface area contributed by atoms with Gasteiger partial charge in [-0.15, -0.1) is 0 Å². The number of methoxy groups -OCH3 is 1. The maximum atomic E-state index is 11.6.